The molecule has 2 rings (SSSR count). The first-order valence-electron chi connectivity index (χ1n) is 4.82. The van der Waals surface area contributed by atoms with Crippen LogP contribution in [0.4, 0.5) is 0 Å². The number of nitrogens with zero attached hydrogens (tertiary/aromatic N) is 2. The van der Waals surface area contributed by atoms with Crippen molar-refractivity contribution in [3.05, 3.63) is 34.2 Å². The van der Waals surface area contributed by atoms with Crippen molar-refractivity contribution < 1.29 is 19.1 Å². The molecular weight excluding hydrogens is 244 g/mol. The minimum Gasteiger partial charge on any atom is -0.475 e. The van der Waals surface area contributed by atoms with Crippen LogP contribution in [0.1, 0.15) is 38.6 Å². The van der Waals surface area contributed by atoms with Crippen LogP contribution in [0, 0.1) is 0 Å². The third kappa shape index (κ3) is 2.09. The van der Waals surface area contributed by atoms with E-state index < -0.39 is 5.97 Å². The number of hydrogen-bond acceptors (Lipinski definition) is 6. The molecule has 0 unspecified atom stereocenters. The number of carbonyl (C=O) groups is 2. The topological polar surface area (TPSA) is 93.3 Å². The number of furan rings is 1. The van der Waals surface area contributed by atoms with Crippen molar-refractivity contribution in [3.63, 3.8) is 0 Å². The van der Waals surface area contributed by atoms with E-state index in [2.05, 4.69) is 9.59 Å². The Hall–Kier alpha value is -2.02. The molecule has 0 aliphatic carbocycles. The van der Waals surface area contributed by atoms with Crippen molar-refractivity contribution in [2.75, 3.05) is 0 Å². The van der Waals surface area contributed by atoms with Gasteiger partial charge >= 0.3 is 5.97 Å². The smallest absolute Gasteiger partial charge is 0.371 e. The monoisotopic (exact) mass is 252 g/mol. The van der Waals surface area contributed by atoms with Crippen molar-refractivity contribution in [3.8, 4) is 0 Å². The fourth-order valence-electron chi connectivity index (χ4n) is 1.30. The Morgan fingerprint density at radius 3 is 2.71 bits per heavy atom. The molecule has 17 heavy (non-hydrogen) atoms. The van der Waals surface area contributed by atoms with Gasteiger partial charge in [0.15, 0.2) is 5.76 Å². The molecule has 0 saturated carbocycles. The van der Waals surface area contributed by atoms with E-state index in [4.69, 9.17) is 9.52 Å². The molecule has 0 amide bonds. The van der Waals surface area contributed by atoms with Gasteiger partial charge in [0.05, 0.1) is 5.69 Å². The van der Waals surface area contributed by atoms with Crippen molar-refractivity contribution in [1.82, 2.24) is 9.59 Å². The molecule has 7 heteroatoms. The van der Waals surface area contributed by atoms with Gasteiger partial charge in [-0.1, -0.05) is 11.4 Å². The zero-order valence-corrected chi connectivity index (χ0v) is 9.65. The molecule has 6 nitrogen and oxygen atoms in total. The Morgan fingerprint density at radius 2 is 2.12 bits per heavy atom. The molecule has 2 aromatic heterocycles. The SMILES string of the molecule is CCc1nnsc1C(=O)c1ccc(C(=O)O)o1. The number of aryl methyl sites for hydroxylation is 1. The summed E-state index contributed by atoms with van der Waals surface area (Å²) in [6.45, 7) is 1.86. The summed E-state index contributed by atoms with van der Waals surface area (Å²) >= 11 is 0.977. The highest BCUT2D eigenvalue weighted by molar-refractivity contribution is 7.08. The summed E-state index contributed by atoms with van der Waals surface area (Å²) in [5.41, 5.74) is 0.591. The van der Waals surface area contributed by atoms with E-state index in [1.54, 1.807) is 0 Å². The number of carboxylic acids is 1. The van der Waals surface area contributed by atoms with Gasteiger partial charge in [0.1, 0.15) is 4.88 Å². The second kappa shape index (κ2) is 4.46. The Balaban J connectivity index is 2.34. The van der Waals surface area contributed by atoms with Crippen LogP contribution < -0.4 is 0 Å². The Morgan fingerprint density at radius 1 is 1.41 bits per heavy atom. The predicted octanol–water partition coefficient (Wildman–Crippen LogP) is 1.62. The van der Waals surface area contributed by atoms with E-state index in [1.165, 1.54) is 12.1 Å². The number of hydrogen-bond donors (Lipinski definition) is 1. The fourth-order valence-corrected chi connectivity index (χ4v) is 1.99. The molecular formula is C10H8N2O4S. The van der Waals surface area contributed by atoms with Crippen LogP contribution in [0.2, 0.25) is 0 Å². The summed E-state index contributed by atoms with van der Waals surface area (Å²) in [5.74, 6) is -1.86. The Kier molecular flexibility index (Phi) is 3.01. The van der Waals surface area contributed by atoms with Crippen LogP contribution >= 0.6 is 11.5 Å². The number of ketones is 1. The van der Waals surface area contributed by atoms with Crippen molar-refractivity contribution in [1.29, 1.82) is 0 Å². The molecule has 0 spiro atoms. The quantitative estimate of drug-likeness (QED) is 0.831. The highest BCUT2D eigenvalue weighted by Crippen LogP contribution is 2.18. The van der Waals surface area contributed by atoms with Crippen LogP contribution in [-0.2, 0) is 6.42 Å². The van der Waals surface area contributed by atoms with Gasteiger partial charge < -0.3 is 9.52 Å². The summed E-state index contributed by atoms with van der Waals surface area (Å²) in [5, 5.41) is 12.5. The number of carboxylic acid groups (broad SMARTS) is 1. The largest absolute Gasteiger partial charge is 0.475 e. The third-order valence-corrected chi connectivity index (χ3v) is 2.90. The van der Waals surface area contributed by atoms with Crippen LogP contribution in [0.15, 0.2) is 16.5 Å². The van der Waals surface area contributed by atoms with Gasteiger partial charge in [0.2, 0.25) is 11.5 Å². The van der Waals surface area contributed by atoms with Crippen LogP contribution in [-0.4, -0.2) is 26.4 Å². The summed E-state index contributed by atoms with van der Waals surface area (Å²) in [6, 6.07) is 2.58. The molecule has 0 fully saturated rings. The van der Waals surface area contributed by atoms with Crippen molar-refractivity contribution >= 4 is 23.3 Å². The van der Waals surface area contributed by atoms with Gasteiger partial charge in [-0.2, -0.15) is 0 Å². The van der Waals surface area contributed by atoms with Crippen LogP contribution in [0.5, 0.6) is 0 Å². The zero-order chi connectivity index (χ0) is 12.4. The van der Waals surface area contributed by atoms with E-state index in [1.807, 2.05) is 6.92 Å². The number of rotatable bonds is 4. The fraction of sp³-hybridized carbons (Fsp3) is 0.200. The van der Waals surface area contributed by atoms with Crippen molar-refractivity contribution in [2.24, 2.45) is 0 Å². The molecule has 2 heterocycles. The van der Waals surface area contributed by atoms with Gasteiger partial charge in [-0.05, 0) is 30.1 Å². The molecule has 0 radical (unpaired) electrons. The van der Waals surface area contributed by atoms with E-state index in [0.717, 1.165) is 11.5 Å². The van der Waals surface area contributed by atoms with E-state index >= 15 is 0 Å². The minimum absolute atomic E-state index is 0.0110. The van der Waals surface area contributed by atoms with Gasteiger partial charge in [-0.3, -0.25) is 4.79 Å². The predicted molar refractivity (Wildman–Crippen MR) is 58.4 cm³/mol. The molecule has 0 atom stereocenters. The highest BCUT2D eigenvalue weighted by atomic mass is 32.1. The van der Waals surface area contributed by atoms with Crippen LogP contribution in [0.3, 0.4) is 0 Å². The third-order valence-electron chi connectivity index (χ3n) is 2.14. The maximum Gasteiger partial charge on any atom is 0.371 e. The first-order valence-corrected chi connectivity index (χ1v) is 5.60. The van der Waals surface area contributed by atoms with E-state index in [0.29, 0.717) is 17.0 Å². The highest BCUT2D eigenvalue weighted by Gasteiger charge is 2.21. The van der Waals surface area contributed by atoms with Gasteiger partial charge in [0, 0.05) is 0 Å². The lowest BCUT2D eigenvalue weighted by molar-refractivity contribution is 0.0660. The number of aromatic nitrogens is 2. The number of carbonyl (C=O) groups excluding carboxylic acids is 1. The second-order valence-corrected chi connectivity index (χ2v) is 3.95. The Labute approximate surface area is 100 Å². The second-order valence-electron chi connectivity index (χ2n) is 3.20. The van der Waals surface area contributed by atoms with Crippen LogP contribution in [0.25, 0.3) is 0 Å². The minimum atomic E-state index is -1.21. The molecule has 0 aliphatic rings. The normalized spacial score (nSPS) is 10.4. The number of aromatic carboxylic acids is 1. The standard InChI is InChI=1S/C10H8N2O4S/c1-2-5-9(17-12-11-5)8(13)6-3-4-7(16-6)10(14)15/h3-4H,2H2,1H3,(H,14,15). The lowest BCUT2D eigenvalue weighted by Gasteiger charge is -1.94. The molecule has 0 bridgehead atoms. The lowest BCUT2D eigenvalue weighted by atomic mass is 10.2. The van der Waals surface area contributed by atoms with Gasteiger partial charge in [-0.15, -0.1) is 5.10 Å². The summed E-state index contributed by atoms with van der Waals surface area (Å²) in [7, 11) is 0. The summed E-state index contributed by atoms with van der Waals surface area (Å²) in [6.07, 6.45) is 0.587. The molecule has 0 aliphatic heterocycles. The average Bonchev–Trinajstić information content (AvgIpc) is 2.96. The first-order chi connectivity index (χ1) is 8.13. The van der Waals surface area contributed by atoms with Gasteiger partial charge in [-0.25, -0.2) is 4.79 Å². The van der Waals surface area contributed by atoms with E-state index in [-0.39, 0.29) is 17.3 Å². The van der Waals surface area contributed by atoms with Gasteiger partial charge in [0.25, 0.3) is 0 Å². The average molecular weight is 252 g/mol. The summed E-state index contributed by atoms with van der Waals surface area (Å²) < 4.78 is 8.63. The summed E-state index contributed by atoms with van der Waals surface area (Å²) in [4.78, 5) is 23.0. The molecule has 2 aromatic rings. The zero-order valence-electron chi connectivity index (χ0n) is 8.84. The maximum atomic E-state index is 12.0. The van der Waals surface area contributed by atoms with E-state index in [9.17, 15) is 9.59 Å². The molecule has 88 valence electrons. The lowest BCUT2D eigenvalue weighted by Crippen LogP contribution is -2.01. The Bertz CT molecular complexity index is 572. The molecule has 0 aromatic carbocycles. The van der Waals surface area contributed by atoms with Crippen molar-refractivity contribution in [2.45, 2.75) is 13.3 Å². The molecule has 0 saturated heterocycles. The first kappa shape index (κ1) is 11.5. The maximum absolute atomic E-state index is 12.0. The molecule has 1 N–H and O–H groups in total.